The van der Waals surface area contributed by atoms with E-state index in [9.17, 15) is 4.79 Å². The third kappa shape index (κ3) is 6.98. The summed E-state index contributed by atoms with van der Waals surface area (Å²) in [6.45, 7) is 17.8. The van der Waals surface area contributed by atoms with Gasteiger partial charge in [0.05, 0.1) is 12.0 Å². The molecule has 1 unspecified atom stereocenters. The lowest BCUT2D eigenvalue weighted by Crippen LogP contribution is -2.38. The average molecular weight is 270 g/mol. The van der Waals surface area contributed by atoms with E-state index in [0.717, 1.165) is 19.3 Å². The van der Waals surface area contributed by atoms with Gasteiger partial charge in [0.1, 0.15) is 0 Å². The Labute approximate surface area is 120 Å². The Morgan fingerprint density at radius 3 is 1.95 bits per heavy atom. The van der Waals surface area contributed by atoms with Gasteiger partial charge in [0.25, 0.3) is 0 Å². The zero-order valence-corrected chi connectivity index (χ0v) is 14.3. The van der Waals surface area contributed by atoms with Crippen LogP contribution in [0.5, 0.6) is 0 Å². The van der Waals surface area contributed by atoms with Crippen molar-refractivity contribution < 1.29 is 9.53 Å². The summed E-state index contributed by atoms with van der Waals surface area (Å²) in [5.41, 5.74) is -0.244. The van der Waals surface area contributed by atoms with E-state index < -0.39 is 0 Å². The van der Waals surface area contributed by atoms with Crippen LogP contribution in [0.4, 0.5) is 0 Å². The molecule has 0 amide bonds. The molecule has 114 valence electrons. The van der Waals surface area contributed by atoms with Crippen molar-refractivity contribution in [3.63, 3.8) is 0 Å². The summed E-state index contributed by atoms with van der Waals surface area (Å²) in [4.78, 5) is 12.4. The molecule has 0 aliphatic rings. The second-order valence-corrected chi connectivity index (χ2v) is 7.98. The van der Waals surface area contributed by atoms with E-state index in [1.54, 1.807) is 0 Å². The Morgan fingerprint density at radius 2 is 1.58 bits per heavy atom. The van der Waals surface area contributed by atoms with Crippen molar-refractivity contribution in [2.45, 2.75) is 74.7 Å². The number of carbonyl (C=O) groups excluding carboxylic acids is 1. The SMILES string of the molecule is CC(C)CCCOC(=O)C(C)(CC(C)(C)C)C(C)C. The first kappa shape index (κ1) is 18.5. The molecule has 2 nitrogen and oxygen atoms in total. The predicted octanol–water partition coefficient (Wildman–Crippen LogP) is 5.06. The normalized spacial score (nSPS) is 15.7. The maximum atomic E-state index is 12.4. The van der Waals surface area contributed by atoms with Gasteiger partial charge < -0.3 is 4.74 Å². The van der Waals surface area contributed by atoms with Crippen molar-refractivity contribution in [1.29, 1.82) is 0 Å². The molecule has 0 N–H and O–H groups in total. The smallest absolute Gasteiger partial charge is 0.312 e. The molecule has 0 saturated heterocycles. The van der Waals surface area contributed by atoms with Crippen molar-refractivity contribution in [2.75, 3.05) is 6.61 Å². The lowest BCUT2D eigenvalue weighted by Gasteiger charge is -2.36. The first-order chi connectivity index (χ1) is 8.49. The lowest BCUT2D eigenvalue weighted by molar-refractivity contribution is -0.160. The highest BCUT2D eigenvalue weighted by molar-refractivity contribution is 5.76. The number of esters is 1. The van der Waals surface area contributed by atoms with Crippen LogP contribution in [-0.2, 0) is 9.53 Å². The van der Waals surface area contributed by atoms with Crippen LogP contribution >= 0.6 is 0 Å². The van der Waals surface area contributed by atoms with Crippen LogP contribution < -0.4 is 0 Å². The van der Waals surface area contributed by atoms with E-state index in [4.69, 9.17) is 4.74 Å². The van der Waals surface area contributed by atoms with Crippen LogP contribution in [0.15, 0.2) is 0 Å². The van der Waals surface area contributed by atoms with Gasteiger partial charge >= 0.3 is 5.97 Å². The highest BCUT2D eigenvalue weighted by Gasteiger charge is 2.41. The molecule has 2 heteroatoms. The Bertz CT molecular complexity index is 273. The fourth-order valence-electron chi connectivity index (χ4n) is 2.43. The number of rotatable bonds is 7. The molecule has 0 heterocycles. The quantitative estimate of drug-likeness (QED) is 0.477. The monoisotopic (exact) mass is 270 g/mol. The summed E-state index contributed by atoms with van der Waals surface area (Å²) in [6.07, 6.45) is 2.94. The minimum Gasteiger partial charge on any atom is -0.465 e. The molecule has 0 aromatic rings. The molecule has 0 radical (unpaired) electrons. The first-order valence-corrected chi connectivity index (χ1v) is 7.66. The number of carbonyl (C=O) groups is 1. The van der Waals surface area contributed by atoms with Gasteiger partial charge in [-0.2, -0.15) is 0 Å². The number of ether oxygens (including phenoxy) is 1. The molecule has 0 saturated carbocycles. The maximum absolute atomic E-state index is 12.4. The van der Waals surface area contributed by atoms with E-state index in [-0.39, 0.29) is 16.8 Å². The van der Waals surface area contributed by atoms with Gasteiger partial charge in [-0.15, -0.1) is 0 Å². The third-order valence-corrected chi connectivity index (χ3v) is 3.80. The van der Waals surface area contributed by atoms with Crippen LogP contribution in [0.25, 0.3) is 0 Å². The second-order valence-electron chi connectivity index (χ2n) is 7.98. The second kappa shape index (κ2) is 7.31. The standard InChI is InChI=1S/C17H34O2/c1-13(2)10-9-11-19-15(18)17(8,14(3)4)12-16(5,6)7/h13-14H,9-12H2,1-8H3. The lowest BCUT2D eigenvalue weighted by atomic mass is 9.69. The number of hydrogen-bond acceptors (Lipinski definition) is 2. The van der Waals surface area contributed by atoms with Crippen LogP contribution in [0.3, 0.4) is 0 Å². The van der Waals surface area contributed by atoms with Gasteiger partial charge in [-0.3, -0.25) is 4.79 Å². The van der Waals surface area contributed by atoms with E-state index in [1.165, 1.54) is 0 Å². The molecule has 1 atom stereocenters. The molecule has 0 fully saturated rings. The third-order valence-electron chi connectivity index (χ3n) is 3.80. The van der Waals surface area contributed by atoms with Crippen molar-refractivity contribution in [2.24, 2.45) is 22.7 Å². The van der Waals surface area contributed by atoms with E-state index in [1.807, 2.05) is 6.92 Å². The zero-order chi connectivity index (χ0) is 15.3. The fourth-order valence-corrected chi connectivity index (χ4v) is 2.43. The van der Waals surface area contributed by atoms with Gasteiger partial charge in [0.15, 0.2) is 0 Å². The molecule has 0 rings (SSSR count). The topological polar surface area (TPSA) is 26.3 Å². The summed E-state index contributed by atoms with van der Waals surface area (Å²) in [7, 11) is 0. The molecule has 0 aliphatic carbocycles. The molecule has 19 heavy (non-hydrogen) atoms. The van der Waals surface area contributed by atoms with Gasteiger partial charge in [-0.05, 0) is 43.4 Å². The summed E-state index contributed by atoms with van der Waals surface area (Å²) >= 11 is 0. The van der Waals surface area contributed by atoms with E-state index in [2.05, 4.69) is 48.5 Å². The van der Waals surface area contributed by atoms with Crippen molar-refractivity contribution in [1.82, 2.24) is 0 Å². The van der Waals surface area contributed by atoms with Crippen LogP contribution in [-0.4, -0.2) is 12.6 Å². The molecule has 0 spiro atoms. The minimum absolute atomic E-state index is 0.0267. The number of hydrogen-bond donors (Lipinski definition) is 0. The maximum Gasteiger partial charge on any atom is 0.312 e. The summed E-state index contributed by atoms with van der Waals surface area (Å²) in [5.74, 6) is 0.940. The Hall–Kier alpha value is -0.530. The molecular formula is C17H34O2. The van der Waals surface area contributed by atoms with Crippen molar-refractivity contribution in [3.8, 4) is 0 Å². The summed E-state index contributed by atoms with van der Waals surface area (Å²) < 4.78 is 5.53. The van der Waals surface area contributed by atoms with E-state index in [0.29, 0.717) is 18.4 Å². The van der Waals surface area contributed by atoms with Crippen LogP contribution in [0.2, 0.25) is 0 Å². The summed E-state index contributed by atoms with van der Waals surface area (Å²) in [5, 5.41) is 0. The van der Waals surface area contributed by atoms with E-state index >= 15 is 0 Å². The summed E-state index contributed by atoms with van der Waals surface area (Å²) in [6, 6.07) is 0. The molecule has 0 aromatic carbocycles. The molecule has 0 aromatic heterocycles. The average Bonchev–Trinajstić information content (AvgIpc) is 2.20. The highest BCUT2D eigenvalue weighted by atomic mass is 16.5. The van der Waals surface area contributed by atoms with Gasteiger partial charge in [-0.25, -0.2) is 0 Å². The molecule has 0 aliphatic heterocycles. The Balaban J connectivity index is 4.50. The molecular weight excluding hydrogens is 236 g/mol. The van der Waals surface area contributed by atoms with Crippen molar-refractivity contribution >= 4 is 5.97 Å². The van der Waals surface area contributed by atoms with Crippen LogP contribution in [0.1, 0.15) is 74.7 Å². The van der Waals surface area contributed by atoms with Crippen LogP contribution in [0, 0.1) is 22.7 Å². The van der Waals surface area contributed by atoms with Gasteiger partial charge in [0, 0.05) is 0 Å². The van der Waals surface area contributed by atoms with Crippen molar-refractivity contribution in [3.05, 3.63) is 0 Å². The highest BCUT2D eigenvalue weighted by Crippen LogP contribution is 2.40. The first-order valence-electron chi connectivity index (χ1n) is 7.66. The van der Waals surface area contributed by atoms with Gasteiger partial charge in [0.2, 0.25) is 0 Å². The zero-order valence-electron chi connectivity index (χ0n) is 14.3. The Kier molecular flexibility index (Phi) is 7.10. The molecule has 0 bridgehead atoms. The minimum atomic E-state index is -0.379. The fraction of sp³-hybridized carbons (Fsp3) is 0.941. The van der Waals surface area contributed by atoms with Gasteiger partial charge in [-0.1, -0.05) is 48.5 Å². The predicted molar refractivity (Wildman–Crippen MR) is 82.0 cm³/mol. The Morgan fingerprint density at radius 1 is 1.05 bits per heavy atom. The largest absolute Gasteiger partial charge is 0.465 e.